The number of hydrogen-bond acceptors (Lipinski definition) is 5. The Kier molecular flexibility index (Phi) is 7.56. The van der Waals surface area contributed by atoms with Crippen molar-refractivity contribution in [3.8, 4) is 5.69 Å². The van der Waals surface area contributed by atoms with Crippen molar-refractivity contribution in [3.05, 3.63) is 112 Å². The van der Waals surface area contributed by atoms with Gasteiger partial charge in [0.15, 0.2) is 5.82 Å². The third-order valence-electron chi connectivity index (χ3n) is 6.82. The molecule has 6 nitrogen and oxygen atoms in total. The van der Waals surface area contributed by atoms with Gasteiger partial charge in [0.1, 0.15) is 0 Å². The Morgan fingerprint density at radius 3 is 2.25 bits per heavy atom. The highest BCUT2D eigenvalue weighted by atomic mass is 35.5. The summed E-state index contributed by atoms with van der Waals surface area (Å²) >= 11 is 6.24. The summed E-state index contributed by atoms with van der Waals surface area (Å²) < 4.78 is 1.92. The van der Waals surface area contributed by atoms with Crippen LogP contribution in [-0.4, -0.2) is 62.7 Å². The average Bonchev–Trinajstić information content (AvgIpc) is 3.36. The monoisotopic (exact) mass is 498 g/mol. The number of aryl methyl sites for hydroxylation is 2. The first-order valence-electron chi connectivity index (χ1n) is 12.4. The van der Waals surface area contributed by atoms with E-state index in [1.807, 2.05) is 22.9 Å². The second-order valence-electron chi connectivity index (χ2n) is 9.29. The fourth-order valence-electron chi connectivity index (χ4n) is 4.94. The highest BCUT2D eigenvalue weighted by molar-refractivity contribution is 6.30. The van der Waals surface area contributed by atoms with E-state index in [-0.39, 0.29) is 6.04 Å². The van der Waals surface area contributed by atoms with Gasteiger partial charge in [-0.2, -0.15) is 4.68 Å². The smallest absolute Gasteiger partial charge is 0.178 e. The summed E-state index contributed by atoms with van der Waals surface area (Å²) in [5.41, 5.74) is 5.71. The number of halogens is 1. The third-order valence-corrected chi connectivity index (χ3v) is 7.07. The largest absolute Gasteiger partial charge is 0.297 e. The van der Waals surface area contributed by atoms with Crippen molar-refractivity contribution in [2.75, 3.05) is 32.7 Å². The molecule has 0 radical (unpaired) electrons. The van der Waals surface area contributed by atoms with Crippen molar-refractivity contribution in [3.63, 3.8) is 0 Å². The van der Waals surface area contributed by atoms with E-state index in [4.69, 9.17) is 11.6 Å². The zero-order valence-corrected chi connectivity index (χ0v) is 21.5. The molecule has 1 fully saturated rings. The molecular weight excluding hydrogens is 468 g/mol. The lowest BCUT2D eigenvalue weighted by molar-refractivity contribution is 0.113. The quantitative estimate of drug-likeness (QED) is 0.343. The fraction of sp³-hybridized carbons (Fsp3) is 0.276. The summed E-state index contributed by atoms with van der Waals surface area (Å²) in [4.78, 5) is 4.97. The van der Waals surface area contributed by atoms with Gasteiger partial charge in [-0.25, -0.2) is 0 Å². The van der Waals surface area contributed by atoms with Crippen molar-refractivity contribution in [2.45, 2.75) is 19.9 Å². The fourth-order valence-corrected chi connectivity index (χ4v) is 5.06. The van der Waals surface area contributed by atoms with E-state index in [1.165, 1.54) is 5.56 Å². The van der Waals surface area contributed by atoms with Gasteiger partial charge in [-0.1, -0.05) is 84.4 Å². The van der Waals surface area contributed by atoms with Crippen LogP contribution >= 0.6 is 11.6 Å². The normalized spacial score (nSPS) is 16.0. The summed E-state index contributed by atoms with van der Waals surface area (Å²) in [7, 11) is 0. The topological polar surface area (TPSA) is 50.1 Å². The van der Waals surface area contributed by atoms with E-state index in [2.05, 4.69) is 106 Å². The highest BCUT2D eigenvalue weighted by Gasteiger charge is 2.31. The maximum absolute atomic E-state index is 6.24. The summed E-state index contributed by atoms with van der Waals surface area (Å²) in [6, 6.07) is 24.7. The first-order chi connectivity index (χ1) is 17.6. The first-order valence-corrected chi connectivity index (χ1v) is 12.8. The zero-order chi connectivity index (χ0) is 24.9. The van der Waals surface area contributed by atoms with Crippen LogP contribution in [0.15, 0.2) is 78.9 Å². The molecule has 0 spiro atoms. The highest BCUT2D eigenvalue weighted by Crippen LogP contribution is 2.31. The second-order valence-corrected chi connectivity index (χ2v) is 9.73. The van der Waals surface area contributed by atoms with Gasteiger partial charge in [0.25, 0.3) is 0 Å². The number of piperazine rings is 1. The van der Waals surface area contributed by atoms with Crippen molar-refractivity contribution < 1.29 is 0 Å². The summed E-state index contributed by atoms with van der Waals surface area (Å²) in [5, 5.41) is 13.8. The lowest BCUT2D eigenvalue weighted by Crippen LogP contribution is -2.48. The maximum atomic E-state index is 6.24. The zero-order valence-electron chi connectivity index (χ0n) is 20.8. The van der Waals surface area contributed by atoms with E-state index in [9.17, 15) is 0 Å². The molecule has 1 atom stereocenters. The molecule has 7 heteroatoms. The first kappa shape index (κ1) is 24.4. The molecule has 4 aromatic rings. The molecule has 2 heterocycles. The van der Waals surface area contributed by atoms with Gasteiger partial charge in [-0.3, -0.25) is 9.80 Å². The number of para-hydroxylation sites is 1. The molecule has 0 bridgehead atoms. The number of benzene rings is 3. The van der Waals surface area contributed by atoms with E-state index in [0.29, 0.717) is 0 Å². The van der Waals surface area contributed by atoms with Crippen LogP contribution in [0.5, 0.6) is 0 Å². The number of aromatic nitrogens is 4. The minimum absolute atomic E-state index is 0.0710. The molecule has 0 saturated carbocycles. The Bertz CT molecular complexity index is 1290. The SMILES string of the molecule is Cc1cccc(C)c1-n1nnnc1[C@H](c1ccc(Cl)cc1)N1CCN(C/C=C/c2ccccc2)CC1. The average molecular weight is 499 g/mol. The van der Waals surface area contributed by atoms with Crippen LogP contribution in [0.25, 0.3) is 11.8 Å². The van der Waals surface area contributed by atoms with Crippen LogP contribution in [0.3, 0.4) is 0 Å². The van der Waals surface area contributed by atoms with Gasteiger partial charge in [-0.05, 0) is 58.7 Å². The molecule has 3 aromatic carbocycles. The summed E-state index contributed by atoms with van der Waals surface area (Å²) in [6.45, 7) is 8.95. The predicted molar refractivity (Wildman–Crippen MR) is 145 cm³/mol. The van der Waals surface area contributed by atoms with Crippen molar-refractivity contribution in [2.24, 2.45) is 0 Å². The molecule has 0 unspecified atom stereocenters. The predicted octanol–water partition coefficient (Wildman–Crippen LogP) is 5.35. The van der Waals surface area contributed by atoms with Gasteiger partial charge in [-0.15, -0.1) is 5.10 Å². The van der Waals surface area contributed by atoms with Gasteiger partial charge in [0.2, 0.25) is 0 Å². The lowest BCUT2D eigenvalue weighted by Gasteiger charge is -2.38. The van der Waals surface area contributed by atoms with Crippen LogP contribution in [0.2, 0.25) is 5.02 Å². The molecule has 1 aliphatic heterocycles. The Morgan fingerprint density at radius 2 is 1.56 bits per heavy atom. The molecule has 1 aliphatic rings. The Hall–Kier alpha value is -3.32. The minimum atomic E-state index is -0.0710. The summed E-state index contributed by atoms with van der Waals surface area (Å²) in [5.74, 6) is 0.826. The minimum Gasteiger partial charge on any atom is -0.297 e. The molecule has 36 heavy (non-hydrogen) atoms. The number of nitrogens with zero attached hydrogens (tertiary/aromatic N) is 6. The maximum Gasteiger partial charge on any atom is 0.178 e. The number of rotatable bonds is 7. The number of hydrogen-bond donors (Lipinski definition) is 0. The molecule has 5 rings (SSSR count). The Morgan fingerprint density at radius 1 is 0.861 bits per heavy atom. The standard InChI is InChI=1S/C29H31ClN6/c1-22-8-6-9-23(2)27(22)36-29(31-32-33-36)28(25-13-15-26(30)16-14-25)35-20-18-34(19-21-35)17-7-12-24-10-4-3-5-11-24/h3-16,28H,17-21H2,1-2H3/b12-7+/t28-/m0/s1. The summed E-state index contributed by atoms with van der Waals surface area (Å²) in [6.07, 6.45) is 4.45. The third kappa shape index (κ3) is 5.41. The Balaban J connectivity index is 1.39. The molecule has 1 aromatic heterocycles. The van der Waals surface area contributed by atoms with Crippen LogP contribution in [0.1, 0.15) is 34.1 Å². The van der Waals surface area contributed by atoms with Gasteiger partial charge < -0.3 is 0 Å². The van der Waals surface area contributed by atoms with Gasteiger partial charge >= 0.3 is 0 Å². The molecule has 0 amide bonds. The molecule has 184 valence electrons. The van der Waals surface area contributed by atoms with Crippen molar-refractivity contribution in [1.82, 2.24) is 30.0 Å². The van der Waals surface area contributed by atoms with E-state index >= 15 is 0 Å². The molecule has 0 aliphatic carbocycles. The Labute approximate surface area is 217 Å². The van der Waals surface area contributed by atoms with Crippen molar-refractivity contribution in [1.29, 1.82) is 0 Å². The van der Waals surface area contributed by atoms with Gasteiger partial charge in [0.05, 0.1) is 11.7 Å². The van der Waals surface area contributed by atoms with Crippen LogP contribution in [0.4, 0.5) is 0 Å². The van der Waals surface area contributed by atoms with E-state index < -0.39 is 0 Å². The van der Waals surface area contributed by atoms with Crippen LogP contribution in [-0.2, 0) is 0 Å². The lowest BCUT2D eigenvalue weighted by atomic mass is 10.0. The molecule has 1 saturated heterocycles. The van der Waals surface area contributed by atoms with Crippen molar-refractivity contribution >= 4 is 17.7 Å². The second kappa shape index (κ2) is 11.2. The van der Waals surface area contributed by atoms with Crippen LogP contribution in [0, 0.1) is 13.8 Å². The number of tetrazole rings is 1. The van der Waals surface area contributed by atoms with Crippen LogP contribution < -0.4 is 0 Å². The van der Waals surface area contributed by atoms with E-state index in [1.54, 1.807) is 0 Å². The van der Waals surface area contributed by atoms with Gasteiger partial charge in [0, 0.05) is 37.7 Å². The molecule has 0 N–H and O–H groups in total. The molecular formula is C29H31ClN6. The van der Waals surface area contributed by atoms with E-state index in [0.717, 1.165) is 65.9 Å².